The molecule has 1 aromatic heterocycles. The topological polar surface area (TPSA) is 72.2 Å². The fraction of sp³-hybridized carbons (Fsp3) is 0.333. The highest BCUT2D eigenvalue weighted by atomic mass is 16.5. The summed E-state index contributed by atoms with van der Waals surface area (Å²) in [4.78, 5) is 30.9. The minimum absolute atomic E-state index is 0.107. The second-order valence-corrected chi connectivity index (χ2v) is 8.62. The molecular formula is C27H30N2O5. The summed E-state index contributed by atoms with van der Waals surface area (Å²) >= 11 is 0. The zero-order valence-electron chi connectivity index (χ0n) is 20.1. The molecule has 4 rings (SSSR count). The lowest BCUT2D eigenvalue weighted by Crippen LogP contribution is -2.35. The lowest BCUT2D eigenvalue weighted by molar-refractivity contribution is 0.0716. The van der Waals surface area contributed by atoms with Gasteiger partial charge in [-0.05, 0) is 57.8 Å². The van der Waals surface area contributed by atoms with E-state index in [2.05, 4.69) is 6.58 Å². The molecule has 0 fully saturated rings. The average Bonchev–Trinajstić information content (AvgIpc) is 3.09. The molecule has 34 heavy (non-hydrogen) atoms. The predicted molar refractivity (Wildman–Crippen MR) is 132 cm³/mol. The Kier molecular flexibility index (Phi) is 6.75. The van der Waals surface area contributed by atoms with Gasteiger partial charge in [-0.15, -0.1) is 0 Å². The van der Waals surface area contributed by atoms with E-state index in [1.807, 2.05) is 63.2 Å². The summed E-state index contributed by atoms with van der Waals surface area (Å²) in [6.07, 6.45) is 1.66. The van der Waals surface area contributed by atoms with Gasteiger partial charge in [-0.2, -0.15) is 0 Å². The zero-order chi connectivity index (χ0) is 24.4. The second kappa shape index (κ2) is 9.73. The molecule has 0 bridgehead atoms. The molecule has 2 aromatic carbocycles. The molecular weight excluding hydrogens is 432 g/mol. The van der Waals surface area contributed by atoms with Crippen molar-refractivity contribution in [2.45, 2.75) is 19.9 Å². The van der Waals surface area contributed by atoms with E-state index in [1.165, 1.54) is 0 Å². The van der Waals surface area contributed by atoms with Gasteiger partial charge in [0.25, 0.3) is 5.91 Å². The van der Waals surface area contributed by atoms with Gasteiger partial charge < -0.3 is 23.7 Å². The van der Waals surface area contributed by atoms with Crippen LogP contribution in [0.5, 0.6) is 11.5 Å². The minimum Gasteiger partial charge on any atom is -0.490 e. The molecule has 1 aliphatic heterocycles. The Morgan fingerprint density at radius 2 is 1.91 bits per heavy atom. The van der Waals surface area contributed by atoms with E-state index < -0.39 is 6.04 Å². The molecule has 178 valence electrons. The minimum atomic E-state index is -0.587. The Morgan fingerprint density at radius 1 is 1.12 bits per heavy atom. The number of likely N-dealkylation sites (N-methyl/N-ethyl adjacent to an activating group) is 1. The quantitative estimate of drug-likeness (QED) is 0.445. The zero-order valence-corrected chi connectivity index (χ0v) is 20.1. The summed E-state index contributed by atoms with van der Waals surface area (Å²) in [6.45, 7) is 9.38. The van der Waals surface area contributed by atoms with E-state index in [0.29, 0.717) is 54.3 Å². The summed E-state index contributed by atoms with van der Waals surface area (Å²) < 4.78 is 17.6. The Labute approximate surface area is 199 Å². The van der Waals surface area contributed by atoms with Crippen LogP contribution in [0.1, 0.15) is 40.2 Å². The summed E-state index contributed by atoms with van der Waals surface area (Å²) in [6, 6.07) is 10.4. The van der Waals surface area contributed by atoms with Crippen LogP contribution in [0.4, 0.5) is 0 Å². The number of hydrogen-bond donors (Lipinski definition) is 0. The van der Waals surface area contributed by atoms with Crippen LogP contribution in [0.2, 0.25) is 0 Å². The number of ether oxygens (including phenoxy) is 2. The Balaban J connectivity index is 1.90. The number of benzene rings is 2. The third-order valence-electron chi connectivity index (χ3n) is 5.85. The van der Waals surface area contributed by atoms with Crippen LogP contribution >= 0.6 is 0 Å². The molecule has 7 heteroatoms. The van der Waals surface area contributed by atoms with Gasteiger partial charge in [-0.1, -0.05) is 30.4 Å². The third-order valence-corrected chi connectivity index (χ3v) is 5.85. The third kappa shape index (κ3) is 4.31. The van der Waals surface area contributed by atoms with Crippen molar-refractivity contribution in [2.24, 2.45) is 0 Å². The lowest BCUT2D eigenvalue weighted by atomic mass is 9.97. The van der Waals surface area contributed by atoms with Gasteiger partial charge in [0.2, 0.25) is 5.76 Å². The number of rotatable bonds is 9. The van der Waals surface area contributed by atoms with Crippen LogP contribution in [0.3, 0.4) is 0 Å². The Morgan fingerprint density at radius 3 is 2.62 bits per heavy atom. The van der Waals surface area contributed by atoms with Crippen LogP contribution in [-0.4, -0.2) is 56.1 Å². The van der Waals surface area contributed by atoms with E-state index in [1.54, 1.807) is 17.0 Å². The molecule has 7 nitrogen and oxygen atoms in total. The first-order valence-electron chi connectivity index (χ1n) is 11.4. The van der Waals surface area contributed by atoms with Gasteiger partial charge in [-0.3, -0.25) is 9.59 Å². The predicted octanol–water partition coefficient (Wildman–Crippen LogP) is 4.17. The van der Waals surface area contributed by atoms with Gasteiger partial charge in [0.05, 0.1) is 23.6 Å². The lowest BCUT2D eigenvalue weighted by Gasteiger charge is -2.27. The standard InChI is InChI=1S/C27H30N2O5/c1-6-14-33-21-11-9-18(16-22(21)32-7-2)24-23-25(30)19-15-17(3)8-10-20(19)34-26(23)27(31)29(24)13-12-28(4)5/h6,8-11,15-16,24H,1,7,12-14H2,2-5H3. The summed E-state index contributed by atoms with van der Waals surface area (Å²) in [5.74, 6) is 0.953. The SMILES string of the molecule is C=CCOc1ccc(C2c3c(oc4ccc(C)cc4c3=O)C(=O)N2CCN(C)C)cc1OCC. The van der Waals surface area contributed by atoms with Crippen molar-refractivity contribution in [1.82, 2.24) is 9.80 Å². The van der Waals surface area contributed by atoms with E-state index in [9.17, 15) is 9.59 Å². The van der Waals surface area contributed by atoms with Gasteiger partial charge in [0.1, 0.15) is 12.2 Å². The molecule has 0 saturated heterocycles. The van der Waals surface area contributed by atoms with E-state index in [0.717, 1.165) is 11.1 Å². The summed E-state index contributed by atoms with van der Waals surface area (Å²) in [5, 5.41) is 0.474. The molecule has 1 aliphatic rings. The molecule has 1 unspecified atom stereocenters. The Hall–Kier alpha value is -3.58. The van der Waals surface area contributed by atoms with Crippen LogP contribution in [-0.2, 0) is 0 Å². The highest BCUT2D eigenvalue weighted by molar-refractivity contribution is 5.99. The van der Waals surface area contributed by atoms with E-state index in [4.69, 9.17) is 13.9 Å². The number of amides is 1. The average molecular weight is 463 g/mol. The summed E-state index contributed by atoms with van der Waals surface area (Å²) in [5.41, 5.74) is 2.31. The molecule has 0 radical (unpaired) electrons. The number of nitrogens with zero attached hydrogens (tertiary/aromatic N) is 2. The molecule has 1 atom stereocenters. The largest absolute Gasteiger partial charge is 0.490 e. The first kappa shape index (κ1) is 23.6. The smallest absolute Gasteiger partial charge is 0.290 e. The van der Waals surface area contributed by atoms with Crippen LogP contribution in [0, 0.1) is 6.92 Å². The first-order chi connectivity index (χ1) is 16.3. The van der Waals surface area contributed by atoms with Gasteiger partial charge in [-0.25, -0.2) is 0 Å². The van der Waals surface area contributed by atoms with Gasteiger partial charge >= 0.3 is 0 Å². The van der Waals surface area contributed by atoms with Crippen molar-refractivity contribution in [3.8, 4) is 11.5 Å². The fourth-order valence-electron chi connectivity index (χ4n) is 4.25. The molecule has 0 saturated carbocycles. The van der Waals surface area contributed by atoms with Gasteiger partial charge in [0, 0.05) is 13.1 Å². The molecule has 0 aliphatic carbocycles. The van der Waals surface area contributed by atoms with Crippen LogP contribution < -0.4 is 14.9 Å². The molecule has 0 N–H and O–H groups in total. The van der Waals surface area contributed by atoms with Gasteiger partial charge in [0.15, 0.2) is 16.9 Å². The monoisotopic (exact) mass is 462 g/mol. The van der Waals surface area contributed by atoms with Crippen molar-refractivity contribution in [3.05, 3.63) is 81.7 Å². The van der Waals surface area contributed by atoms with Crippen molar-refractivity contribution < 1.29 is 18.7 Å². The van der Waals surface area contributed by atoms with Crippen molar-refractivity contribution in [2.75, 3.05) is 40.4 Å². The number of carbonyl (C=O) groups is 1. The maximum absolute atomic E-state index is 13.7. The van der Waals surface area contributed by atoms with Crippen LogP contribution in [0.15, 0.2) is 58.3 Å². The Bertz CT molecular complexity index is 1290. The number of carbonyl (C=O) groups excluding carboxylic acids is 1. The first-order valence-corrected chi connectivity index (χ1v) is 11.4. The number of fused-ring (bicyclic) bond motifs is 2. The maximum Gasteiger partial charge on any atom is 0.290 e. The van der Waals surface area contributed by atoms with Crippen molar-refractivity contribution in [1.29, 1.82) is 0 Å². The molecule has 0 spiro atoms. The van der Waals surface area contributed by atoms with Crippen molar-refractivity contribution >= 4 is 16.9 Å². The van der Waals surface area contributed by atoms with E-state index >= 15 is 0 Å². The molecule has 2 heterocycles. The number of hydrogen-bond acceptors (Lipinski definition) is 6. The highest BCUT2D eigenvalue weighted by Gasteiger charge is 2.42. The molecule has 3 aromatic rings. The second-order valence-electron chi connectivity index (χ2n) is 8.62. The fourth-order valence-corrected chi connectivity index (χ4v) is 4.25. The number of aryl methyl sites for hydroxylation is 1. The summed E-state index contributed by atoms with van der Waals surface area (Å²) in [7, 11) is 3.89. The van der Waals surface area contributed by atoms with Crippen molar-refractivity contribution in [3.63, 3.8) is 0 Å². The molecule has 1 amide bonds. The highest BCUT2D eigenvalue weighted by Crippen LogP contribution is 2.41. The normalized spacial score (nSPS) is 15.1. The van der Waals surface area contributed by atoms with E-state index in [-0.39, 0.29) is 17.1 Å². The van der Waals surface area contributed by atoms with Crippen LogP contribution in [0.25, 0.3) is 11.0 Å². The maximum atomic E-state index is 13.7.